The molecule has 1 aliphatic carbocycles. The van der Waals surface area contributed by atoms with E-state index >= 15 is 0 Å². The maximum absolute atomic E-state index is 14.0. The van der Waals surface area contributed by atoms with Crippen molar-refractivity contribution in [2.75, 3.05) is 10.6 Å². The standard InChI is InChI=1S/C24H23ClF3N5O2S/c1-11-7-8-13-15(9-11)36-23(17(13)20(29)34)31-22(35)19-18(25)21-30-14(12-5-3-2-4-6-12)10-16(24(26,27)28)33(21)32-19/h2-6,11,14,16,30H,7-10H2,1H3,(H2,29,34)(H,31,35)/t11-,14-,16-/m1/s1. The van der Waals surface area contributed by atoms with Crippen molar-refractivity contribution < 1.29 is 22.8 Å². The Labute approximate surface area is 213 Å². The predicted molar refractivity (Wildman–Crippen MR) is 132 cm³/mol. The Morgan fingerprint density at radius 3 is 2.67 bits per heavy atom. The van der Waals surface area contributed by atoms with Crippen molar-refractivity contribution in [1.29, 1.82) is 0 Å². The van der Waals surface area contributed by atoms with Crippen LogP contribution in [0.2, 0.25) is 5.02 Å². The highest BCUT2D eigenvalue weighted by atomic mass is 35.5. The number of thiophene rings is 1. The Morgan fingerprint density at radius 1 is 1.28 bits per heavy atom. The van der Waals surface area contributed by atoms with Crippen molar-refractivity contribution in [3.05, 3.63) is 62.6 Å². The second-order valence-corrected chi connectivity index (χ2v) is 10.7. The molecule has 0 spiro atoms. The van der Waals surface area contributed by atoms with Gasteiger partial charge in [0.2, 0.25) is 0 Å². The number of nitrogens with two attached hydrogens (primary N) is 1. The lowest BCUT2D eigenvalue weighted by molar-refractivity contribution is -0.173. The van der Waals surface area contributed by atoms with Gasteiger partial charge >= 0.3 is 6.18 Å². The lowest BCUT2D eigenvalue weighted by atomic mass is 9.88. The highest BCUT2D eigenvalue weighted by Gasteiger charge is 2.48. The highest BCUT2D eigenvalue weighted by Crippen LogP contribution is 2.46. The summed E-state index contributed by atoms with van der Waals surface area (Å²) in [6.45, 7) is 2.10. The Morgan fingerprint density at radius 2 is 2.00 bits per heavy atom. The van der Waals surface area contributed by atoms with Gasteiger partial charge in [-0.05, 0) is 36.3 Å². The SMILES string of the molecule is C[C@@H]1CCc2c(sc(NC(=O)c3nn4c(c3Cl)N[C@@H](c3ccccc3)C[C@@H]4C(F)(F)F)c2C(N)=O)C1. The fraction of sp³-hybridized carbons (Fsp3) is 0.375. The summed E-state index contributed by atoms with van der Waals surface area (Å²) in [6.07, 6.45) is -2.62. The van der Waals surface area contributed by atoms with Crippen molar-refractivity contribution in [1.82, 2.24) is 9.78 Å². The highest BCUT2D eigenvalue weighted by molar-refractivity contribution is 7.17. The van der Waals surface area contributed by atoms with Gasteiger partial charge in [-0.1, -0.05) is 48.9 Å². The summed E-state index contributed by atoms with van der Waals surface area (Å²) in [4.78, 5) is 26.4. The van der Waals surface area contributed by atoms with Crippen LogP contribution in [-0.2, 0) is 12.8 Å². The number of hydrogen-bond donors (Lipinski definition) is 3. The molecule has 3 atom stereocenters. The number of anilines is 2. The van der Waals surface area contributed by atoms with Crippen molar-refractivity contribution in [2.24, 2.45) is 11.7 Å². The Hall–Kier alpha value is -3.05. The smallest absolute Gasteiger partial charge is 0.365 e. The van der Waals surface area contributed by atoms with Gasteiger partial charge in [-0.15, -0.1) is 11.3 Å². The number of benzene rings is 1. The van der Waals surface area contributed by atoms with Gasteiger partial charge in [0, 0.05) is 11.3 Å². The van der Waals surface area contributed by atoms with Crippen molar-refractivity contribution >= 4 is 45.6 Å². The van der Waals surface area contributed by atoms with E-state index in [1.165, 1.54) is 11.3 Å². The van der Waals surface area contributed by atoms with E-state index in [4.69, 9.17) is 17.3 Å². The molecule has 0 saturated heterocycles. The molecule has 0 unspecified atom stereocenters. The zero-order chi connectivity index (χ0) is 25.8. The van der Waals surface area contributed by atoms with Crippen LogP contribution < -0.4 is 16.4 Å². The Bertz CT molecular complexity index is 1340. The largest absolute Gasteiger partial charge is 0.410 e. The molecule has 5 rings (SSSR count). The lowest BCUT2D eigenvalue weighted by Gasteiger charge is -2.33. The van der Waals surface area contributed by atoms with E-state index in [1.807, 2.05) is 0 Å². The minimum absolute atomic E-state index is 0.0846. The zero-order valence-electron chi connectivity index (χ0n) is 19.2. The first-order valence-corrected chi connectivity index (χ1v) is 12.7. The normalized spacial score (nSPS) is 21.3. The van der Waals surface area contributed by atoms with Crippen LogP contribution in [0.3, 0.4) is 0 Å². The number of nitrogens with zero attached hydrogens (tertiary/aromatic N) is 2. The molecular weight excluding hydrogens is 515 g/mol. The lowest BCUT2D eigenvalue weighted by Crippen LogP contribution is -2.35. The molecule has 0 fully saturated rings. The van der Waals surface area contributed by atoms with Crippen LogP contribution in [0.15, 0.2) is 30.3 Å². The first-order valence-electron chi connectivity index (χ1n) is 11.5. The van der Waals surface area contributed by atoms with Gasteiger partial charge in [0.25, 0.3) is 11.8 Å². The van der Waals surface area contributed by atoms with Crippen LogP contribution in [0.1, 0.15) is 68.7 Å². The number of rotatable bonds is 4. The number of primary amides is 1. The number of alkyl halides is 3. The van der Waals surface area contributed by atoms with Crippen molar-refractivity contribution in [2.45, 2.75) is 50.9 Å². The predicted octanol–water partition coefficient (Wildman–Crippen LogP) is 5.73. The number of amides is 2. The molecule has 2 aromatic heterocycles. The fourth-order valence-corrected chi connectivity index (χ4v) is 6.58. The minimum Gasteiger partial charge on any atom is -0.365 e. The zero-order valence-corrected chi connectivity index (χ0v) is 20.7. The van der Waals surface area contributed by atoms with Crippen LogP contribution in [0, 0.1) is 5.92 Å². The van der Waals surface area contributed by atoms with E-state index in [0.29, 0.717) is 17.9 Å². The van der Waals surface area contributed by atoms with Crippen molar-refractivity contribution in [3.63, 3.8) is 0 Å². The third-order valence-electron chi connectivity index (χ3n) is 6.70. The van der Waals surface area contributed by atoms with Crippen LogP contribution in [0.25, 0.3) is 0 Å². The number of nitrogens with one attached hydrogen (secondary N) is 2. The molecule has 4 N–H and O–H groups in total. The van der Waals surface area contributed by atoms with Crippen LogP contribution in [-0.4, -0.2) is 27.8 Å². The molecule has 2 amide bonds. The molecule has 3 heterocycles. The maximum atomic E-state index is 14.0. The number of halogens is 4. The van der Waals surface area contributed by atoms with Crippen molar-refractivity contribution in [3.8, 4) is 0 Å². The summed E-state index contributed by atoms with van der Waals surface area (Å²) in [7, 11) is 0. The van der Waals surface area contributed by atoms with E-state index in [1.54, 1.807) is 30.3 Å². The average Bonchev–Trinajstić information content (AvgIpc) is 3.35. The molecule has 1 aliphatic heterocycles. The molecule has 2 aliphatic rings. The molecule has 3 aromatic rings. The summed E-state index contributed by atoms with van der Waals surface area (Å²) < 4.78 is 42.8. The topological polar surface area (TPSA) is 102 Å². The summed E-state index contributed by atoms with van der Waals surface area (Å²) in [5.41, 5.74) is 6.97. The monoisotopic (exact) mass is 537 g/mol. The number of aromatic nitrogens is 2. The van der Waals surface area contributed by atoms with E-state index in [-0.39, 0.29) is 33.5 Å². The summed E-state index contributed by atoms with van der Waals surface area (Å²) in [5, 5.41) is 9.66. The van der Waals surface area contributed by atoms with Gasteiger partial charge in [-0.3, -0.25) is 9.59 Å². The van der Waals surface area contributed by atoms with Gasteiger partial charge in [0.15, 0.2) is 11.7 Å². The summed E-state index contributed by atoms with van der Waals surface area (Å²) in [6, 6.07) is 6.05. The molecule has 190 valence electrons. The van der Waals surface area contributed by atoms with E-state index < -0.39 is 30.1 Å². The van der Waals surface area contributed by atoms with E-state index in [9.17, 15) is 22.8 Å². The molecule has 0 saturated carbocycles. The van der Waals surface area contributed by atoms with Gasteiger partial charge in [0.05, 0.1) is 11.6 Å². The van der Waals surface area contributed by atoms with Gasteiger partial charge in [0.1, 0.15) is 15.8 Å². The van der Waals surface area contributed by atoms with Crippen LogP contribution >= 0.6 is 22.9 Å². The molecule has 12 heteroatoms. The molecule has 1 aromatic carbocycles. The third kappa shape index (κ3) is 4.34. The summed E-state index contributed by atoms with van der Waals surface area (Å²) in [5.74, 6) is -1.14. The second kappa shape index (κ2) is 9.11. The molecule has 0 bridgehead atoms. The average molecular weight is 538 g/mol. The first kappa shape index (κ1) is 24.6. The molecule has 0 radical (unpaired) electrons. The second-order valence-electron chi connectivity index (χ2n) is 9.23. The minimum atomic E-state index is -4.62. The summed E-state index contributed by atoms with van der Waals surface area (Å²) >= 11 is 7.69. The number of carbonyl (C=O) groups is 2. The van der Waals surface area contributed by atoms with Gasteiger partial charge in [-0.2, -0.15) is 18.3 Å². The number of carbonyl (C=O) groups excluding carboxylic acids is 2. The van der Waals surface area contributed by atoms with Crippen LogP contribution in [0.4, 0.5) is 24.0 Å². The Balaban J connectivity index is 1.50. The van der Waals surface area contributed by atoms with Gasteiger partial charge in [-0.25, -0.2) is 4.68 Å². The number of fused-ring (bicyclic) bond motifs is 2. The van der Waals surface area contributed by atoms with Gasteiger partial charge < -0.3 is 16.4 Å². The van der Waals surface area contributed by atoms with Crippen LogP contribution in [0.5, 0.6) is 0 Å². The fourth-order valence-electron chi connectivity index (χ4n) is 4.90. The third-order valence-corrected chi connectivity index (χ3v) is 8.23. The first-order chi connectivity index (χ1) is 17.0. The maximum Gasteiger partial charge on any atom is 0.410 e. The quantitative estimate of drug-likeness (QED) is 0.395. The Kier molecular flexibility index (Phi) is 6.24. The number of hydrogen-bond acceptors (Lipinski definition) is 5. The molecular formula is C24H23ClF3N5O2S. The molecule has 36 heavy (non-hydrogen) atoms. The molecule has 7 nitrogen and oxygen atoms in total. The van der Waals surface area contributed by atoms with E-state index in [2.05, 4.69) is 22.7 Å². The van der Waals surface area contributed by atoms with E-state index in [0.717, 1.165) is 28.0 Å².